The summed E-state index contributed by atoms with van der Waals surface area (Å²) in [4.78, 5) is 0. The summed E-state index contributed by atoms with van der Waals surface area (Å²) in [5.74, 6) is -1.25. The lowest BCUT2D eigenvalue weighted by Gasteiger charge is -2.15. The van der Waals surface area contributed by atoms with Gasteiger partial charge in [-0.15, -0.1) is 0 Å². The largest absolute Gasteiger partial charge is 0.207 e. The molecule has 5 aromatic carbocycles. The topological polar surface area (TPSA) is 0 Å². The second kappa shape index (κ2) is 8.79. The molecule has 5 aromatic rings. The zero-order chi connectivity index (χ0) is 22.8. The third-order valence-electron chi connectivity index (χ3n) is 5.64. The highest BCUT2D eigenvalue weighted by Crippen LogP contribution is 2.39. The minimum atomic E-state index is -0.464. The van der Waals surface area contributed by atoms with Crippen molar-refractivity contribution in [2.45, 2.75) is 0 Å². The van der Waals surface area contributed by atoms with E-state index in [1.165, 1.54) is 36.4 Å². The van der Waals surface area contributed by atoms with Gasteiger partial charge in [-0.2, -0.15) is 0 Å². The molecule has 0 N–H and O–H groups in total. The molecule has 0 aliphatic heterocycles. The van der Waals surface area contributed by atoms with Crippen molar-refractivity contribution in [3.05, 3.63) is 133 Å². The quantitative estimate of drug-likeness (QED) is 0.265. The molecule has 0 amide bonds. The maximum Gasteiger partial charge on any atom is 0.139 e. The molecule has 0 saturated carbocycles. The van der Waals surface area contributed by atoms with E-state index in [2.05, 4.69) is 6.07 Å². The molecule has 0 bridgehead atoms. The molecule has 0 aliphatic rings. The van der Waals surface area contributed by atoms with Crippen molar-refractivity contribution in [2.75, 3.05) is 0 Å². The molecule has 0 fully saturated rings. The molecule has 0 aliphatic carbocycles. The molecule has 33 heavy (non-hydrogen) atoms. The summed E-state index contributed by atoms with van der Waals surface area (Å²) >= 11 is 0. The van der Waals surface area contributed by atoms with Crippen LogP contribution in [0.15, 0.2) is 109 Å². The molecule has 0 aromatic heterocycles. The van der Waals surface area contributed by atoms with Crippen LogP contribution in [0.5, 0.6) is 0 Å². The maximum absolute atomic E-state index is 15.9. The molecule has 0 heterocycles. The van der Waals surface area contributed by atoms with Gasteiger partial charge >= 0.3 is 0 Å². The van der Waals surface area contributed by atoms with Crippen molar-refractivity contribution in [2.24, 2.45) is 0 Å². The lowest BCUT2D eigenvalue weighted by atomic mass is 9.89. The van der Waals surface area contributed by atoms with E-state index in [0.717, 1.165) is 16.7 Å². The highest BCUT2D eigenvalue weighted by atomic mass is 19.1. The van der Waals surface area contributed by atoms with Gasteiger partial charge in [-0.05, 0) is 64.2 Å². The van der Waals surface area contributed by atoms with Crippen LogP contribution in [0.2, 0.25) is 0 Å². The summed E-state index contributed by atoms with van der Waals surface area (Å²) in [6.07, 6.45) is 0. The molecule has 5 rings (SSSR count). The predicted molar refractivity (Wildman–Crippen MR) is 127 cm³/mol. The van der Waals surface area contributed by atoms with Crippen LogP contribution in [0, 0.1) is 23.5 Å². The Kier molecular flexibility index (Phi) is 5.54. The monoisotopic (exact) mass is 435 g/mol. The molecular formula is C30H18F3. The average molecular weight is 435 g/mol. The van der Waals surface area contributed by atoms with Crippen molar-refractivity contribution >= 4 is 0 Å². The van der Waals surface area contributed by atoms with Gasteiger partial charge in [0.2, 0.25) is 0 Å². The van der Waals surface area contributed by atoms with Crippen molar-refractivity contribution < 1.29 is 13.2 Å². The number of hydrogen-bond donors (Lipinski definition) is 0. The summed E-state index contributed by atoms with van der Waals surface area (Å²) in [6.45, 7) is 0. The Labute approximate surface area is 190 Å². The van der Waals surface area contributed by atoms with Crippen LogP contribution < -0.4 is 0 Å². The van der Waals surface area contributed by atoms with Gasteiger partial charge in [0.15, 0.2) is 0 Å². The molecule has 0 nitrogen and oxygen atoms in total. The Morgan fingerprint density at radius 1 is 0.455 bits per heavy atom. The minimum Gasteiger partial charge on any atom is -0.207 e. The van der Waals surface area contributed by atoms with Gasteiger partial charge in [0.1, 0.15) is 17.5 Å². The molecule has 0 unspecified atom stereocenters. The fourth-order valence-electron chi connectivity index (χ4n) is 3.94. The lowest BCUT2D eigenvalue weighted by Crippen LogP contribution is -1.95. The van der Waals surface area contributed by atoms with Gasteiger partial charge in [0.25, 0.3) is 0 Å². The van der Waals surface area contributed by atoms with E-state index in [9.17, 15) is 8.78 Å². The van der Waals surface area contributed by atoms with Crippen LogP contribution in [0.1, 0.15) is 0 Å². The van der Waals surface area contributed by atoms with Crippen molar-refractivity contribution in [3.63, 3.8) is 0 Å². The maximum atomic E-state index is 15.9. The van der Waals surface area contributed by atoms with Gasteiger partial charge in [-0.1, -0.05) is 78.9 Å². The fourth-order valence-corrected chi connectivity index (χ4v) is 3.94. The van der Waals surface area contributed by atoms with Gasteiger partial charge in [-0.25, -0.2) is 13.2 Å². The molecular weight excluding hydrogens is 417 g/mol. The standard InChI is InChI=1S/C30H18F3/c31-25-14-10-23(11-15-25)28-19-18-27(29(30(28)33)24-12-16-26(32)17-13-24)22-8-6-21(7-9-22)20-4-2-1-3-5-20/h1-17,19H. The molecule has 159 valence electrons. The van der Waals surface area contributed by atoms with Crippen LogP contribution in [0.4, 0.5) is 13.2 Å². The number of halogens is 3. The Bertz CT molecular complexity index is 1390. The number of rotatable bonds is 4. The Balaban J connectivity index is 1.66. The molecule has 0 saturated heterocycles. The average Bonchev–Trinajstić information content (AvgIpc) is 2.86. The first-order valence-corrected chi connectivity index (χ1v) is 10.5. The van der Waals surface area contributed by atoms with Crippen LogP contribution >= 0.6 is 0 Å². The fraction of sp³-hybridized carbons (Fsp3) is 0. The Morgan fingerprint density at radius 3 is 1.55 bits per heavy atom. The van der Waals surface area contributed by atoms with E-state index in [4.69, 9.17) is 0 Å². The van der Waals surface area contributed by atoms with E-state index in [1.54, 1.807) is 18.2 Å². The summed E-state index contributed by atoms with van der Waals surface area (Å²) in [5, 5.41) is 0. The SMILES string of the molecule is Fc1ccc(-c2c[c]c(-c3ccc(-c4ccccc4)cc3)c(-c3ccc(F)cc3)c2F)cc1. The normalized spacial score (nSPS) is 10.9. The molecule has 0 spiro atoms. The Hall–Kier alpha value is -4.11. The van der Waals surface area contributed by atoms with E-state index >= 15 is 4.39 Å². The molecule has 0 atom stereocenters. The summed E-state index contributed by atoms with van der Waals surface area (Å²) in [7, 11) is 0. The van der Waals surface area contributed by atoms with Crippen molar-refractivity contribution in [3.8, 4) is 44.5 Å². The summed E-state index contributed by atoms with van der Waals surface area (Å²) in [6, 6.07) is 34.0. The van der Waals surface area contributed by atoms with Crippen LogP contribution in [0.3, 0.4) is 0 Å². The van der Waals surface area contributed by atoms with Crippen molar-refractivity contribution in [1.82, 2.24) is 0 Å². The van der Waals surface area contributed by atoms with E-state index in [1.807, 2.05) is 54.6 Å². The zero-order valence-corrected chi connectivity index (χ0v) is 17.5. The van der Waals surface area contributed by atoms with Gasteiger partial charge in [0.05, 0.1) is 0 Å². The minimum absolute atomic E-state index is 0.305. The lowest BCUT2D eigenvalue weighted by molar-refractivity contribution is 0.625. The smallest absolute Gasteiger partial charge is 0.139 e. The summed E-state index contributed by atoms with van der Waals surface area (Å²) in [5.41, 5.74) is 5.21. The highest BCUT2D eigenvalue weighted by Gasteiger charge is 2.18. The van der Waals surface area contributed by atoms with Crippen LogP contribution in [0.25, 0.3) is 44.5 Å². The zero-order valence-electron chi connectivity index (χ0n) is 17.5. The van der Waals surface area contributed by atoms with Crippen LogP contribution in [-0.4, -0.2) is 0 Å². The van der Waals surface area contributed by atoms with E-state index in [0.29, 0.717) is 27.8 Å². The predicted octanol–water partition coefficient (Wildman–Crippen LogP) is 8.57. The van der Waals surface area contributed by atoms with E-state index in [-0.39, 0.29) is 0 Å². The first kappa shape index (κ1) is 20.8. The third kappa shape index (κ3) is 4.18. The van der Waals surface area contributed by atoms with Crippen LogP contribution in [-0.2, 0) is 0 Å². The second-order valence-corrected chi connectivity index (χ2v) is 7.72. The number of hydrogen-bond acceptors (Lipinski definition) is 0. The molecule has 1 radical (unpaired) electrons. The van der Waals surface area contributed by atoms with E-state index < -0.39 is 17.5 Å². The first-order chi connectivity index (χ1) is 16.1. The van der Waals surface area contributed by atoms with Gasteiger partial charge < -0.3 is 0 Å². The second-order valence-electron chi connectivity index (χ2n) is 7.72. The third-order valence-corrected chi connectivity index (χ3v) is 5.64. The number of benzene rings is 5. The van der Waals surface area contributed by atoms with Gasteiger partial charge in [-0.3, -0.25) is 0 Å². The summed E-state index contributed by atoms with van der Waals surface area (Å²) < 4.78 is 42.9. The molecule has 3 heteroatoms. The van der Waals surface area contributed by atoms with Crippen molar-refractivity contribution in [1.29, 1.82) is 0 Å². The highest BCUT2D eigenvalue weighted by molar-refractivity contribution is 5.88. The Morgan fingerprint density at radius 2 is 0.939 bits per heavy atom. The van der Waals surface area contributed by atoms with Gasteiger partial charge in [0, 0.05) is 16.7 Å². The first-order valence-electron chi connectivity index (χ1n) is 10.5.